The van der Waals surface area contributed by atoms with Gasteiger partial charge >= 0.3 is 0 Å². The van der Waals surface area contributed by atoms with E-state index in [9.17, 15) is 12.8 Å². The SMILES string of the molecule is CNS(=O)(=O)c1ccc(O)cc1F. The third-order valence-corrected chi connectivity index (χ3v) is 2.92. The molecule has 0 aliphatic carbocycles. The summed E-state index contributed by atoms with van der Waals surface area (Å²) in [6, 6.07) is 2.84. The van der Waals surface area contributed by atoms with Gasteiger partial charge in [-0.2, -0.15) is 0 Å². The zero-order valence-corrected chi connectivity index (χ0v) is 7.60. The van der Waals surface area contributed by atoms with Crippen LogP contribution in [0.3, 0.4) is 0 Å². The van der Waals surface area contributed by atoms with E-state index in [1.54, 1.807) is 0 Å². The predicted molar refractivity (Wildman–Crippen MR) is 44.3 cm³/mol. The first kappa shape index (κ1) is 9.94. The Morgan fingerprint density at radius 1 is 1.46 bits per heavy atom. The van der Waals surface area contributed by atoms with E-state index in [2.05, 4.69) is 0 Å². The van der Waals surface area contributed by atoms with E-state index >= 15 is 0 Å². The molecule has 0 amide bonds. The van der Waals surface area contributed by atoms with Gasteiger partial charge in [0, 0.05) is 6.07 Å². The predicted octanol–water partition coefficient (Wildman–Crippen LogP) is 0.439. The highest BCUT2D eigenvalue weighted by molar-refractivity contribution is 7.89. The Hall–Kier alpha value is -1.14. The van der Waals surface area contributed by atoms with Crippen LogP contribution in [-0.4, -0.2) is 20.6 Å². The number of hydrogen-bond acceptors (Lipinski definition) is 3. The van der Waals surface area contributed by atoms with Gasteiger partial charge in [0.15, 0.2) is 0 Å². The van der Waals surface area contributed by atoms with Crippen LogP contribution in [-0.2, 0) is 10.0 Å². The van der Waals surface area contributed by atoms with Crippen molar-refractivity contribution in [2.75, 3.05) is 7.05 Å². The van der Waals surface area contributed by atoms with E-state index < -0.39 is 20.7 Å². The van der Waals surface area contributed by atoms with Crippen molar-refractivity contribution >= 4 is 10.0 Å². The van der Waals surface area contributed by atoms with E-state index in [1.165, 1.54) is 7.05 Å². The van der Waals surface area contributed by atoms with E-state index in [0.717, 1.165) is 18.2 Å². The van der Waals surface area contributed by atoms with Crippen LogP contribution in [0.2, 0.25) is 0 Å². The lowest BCUT2D eigenvalue weighted by Gasteiger charge is -2.03. The number of nitrogens with one attached hydrogen (secondary N) is 1. The molecule has 6 heteroatoms. The maximum absolute atomic E-state index is 13.0. The summed E-state index contributed by atoms with van der Waals surface area (Å²) in [4.78, 5) is -0.479. The number of benzene rings is 1. The molecule has 4 nitrogen and oxygen atoms in total. The van der Waals surface area contributed by atoms with Gasteiger partial charge in [-0.3, -0.25) is 0 Å². The average Bonchev–Trinajstić information content (AvgIpc) is 2.03. The molecule has 0 bridgehead atoms. The van der Waals surface area contributed by atoms with Crippen LogP contribution < -0.4 is 4.72 Å². The smallest absolute Gasteiger partial charge is 0.243 e. The summed E-state index contributed by atoms with van der Waals surface area (Å²) in [5, 5.41) is 8.82. The maximum Gasteiger partial charge on any atom is 0.243 e. The van der Waals surface area contributed by atoms with Gasteiger partial charge in [0.1, 0.15) is 16.5 Å². The fourth-order valence-electron chi connectivity index (χ4n) is 0.818. The molecule has 0 atom stereocenters. The molecule has 1 aromatic carbocycles. The number of aromatic hydroxyl groups is 1. The van der Waals surface area contributed by atoms with Crippen LogP contribution in [0.5, 0.6) is 5.75 Å². The van der Waals surface area contributed by atoms with Gasteiger partial charge in [0.2, 0.25) is 10.0 Å². The maximum atomic E-state index is 13.0. The molecule has 13 heavy (non-hydrogen) atoms. The molecular weight excluding hydrogens is 197 g/mol. The number of sulfonamides is 1. The Kier molecular flexibility index (Phi) is 2.53. The summed E-state index contributed by atoms with van der Waals surface area (Å²) >= 11 is 0. The summed E-state index contributed by atoms with van der Waals surface area (Å²) in [6.45, 7) is 0. The van der Waals surface area contributed by atoms with E-state index in [0.29, 0.717) is 0 Å². The minimum atomic E-state index is -3.78. The average molecular weight is 205 g/mol. The number of hydrogen-bond donors (Lipinski definition) is 2. The number of rotatable bonds is 2. The molecule has 0 saturated heterocycles. The molecule has 2 N–H and O–H groups in total. The molecule has 0 saturated carbocycles. The second-order valence-electron chi connectivity index (χ2n) is 2.32. The molecule has 0 aromatic heterocycles. The van der Waals surface area contributed by atoms with Gasteiger partial charge in [-0.05, 0) is 19.2 Å². The minimum Gasteiger partial charge on any atom is -0.508 e. The van der Waals surface area contributed by atoms with E-state index in [4.69, 9.17) is 5.11 Å². The largest absolute Gasteiger partial charge is 0.508 e. The molecule has 1 rings (SSSR count). The summed E-state index contributed by atoms with van der Waals surface area (Å²) in [5.74, 6) is -1.29. The fourth-order valence-corrected chi connectivity index (χ4v) is 1.60. The number of phenolic OH excluding ortho intramolecular Hbond substituents is 1. The van der Waals surface area contributed by atoms with Gasteiger partial charge in [-0.1, -0.05) is 0 Å². The van der Waals surface area contributed by atoms with Crippen LogP contribution in [0.4, 0.5) is 4.39 Å². The van der Waals surface area contributed by atoms with Crippen LogP contribution in [0, 0.1) is 5.82 Å². The Labute approximate surface area is 75.1 Å². The fraction of sp³-hybridized carbons (Fsp3) is 0.143. The highest BCUT2D eigenvalue weighted by Crippen LogP contribution is 2.18. The molecule has 0 heterocycles. The Bertz CT molecular complexity index is 416. The van der Waals surface area contributed by atoms with Crippen molar-refractivity contribution in [1.29, 1.82) is 0 Å². The van der Waals surface area contributed by atoms with Crippen molar-refractivity contribution < 1.29 is 17.9 Å². The summed E-state index contributed by atoms with van der Waals surface area (Å²) in [5.41, 5.74) is 0. The van der Waals surface area contributed by atoms with E-state index in [-0.39, 0.29) is 5.75 Å². The lowest BCUT2D eigenvalue weighted by Crippen LogP contribution is -2.19. The van der Waals surface area contributed by atoms with Crippen LogP contribution in [0.1, 0.15) is 0 Å². The molecule has 0 fully saturated rings. The van der Waals surface area contributed by atoms with Gasteiger partial charge in [-0.15, -0.1) is 0 Å². The Balaban J connectivity index is 3.33. The van der Waals surface area contributed by atoms with Gasteiger partial charge in [0.05, 0.1) is 0 Å². The summed E-state index contributed by atoms with van der Waals surface area (Å²) < 4.78 is 37.1. The molecule has 0 spiro atoms. The van der Waals surface area contributed by atoms with Crippen molar-refractivity contribution in [3.05, 3.63) is 24.0 Å². The summed E-state index contributed by atoms with van der Waals surface area (Å²) in [7, 11) is -2.60. The van der Waals surface area contributed by atoms with E-state index in [1.807, 2.05) is 4.72 Å². The van der Waals surface area contributed by atoms with Gasteiger partial charge < -0.3 is 5.11 Å². The van der Waals surface area contributed by atoms with Crippen molar-refractivity contribution in [2.24, 2.45) is 0 Å². The molecule has 72 valence electrons. The summed E-state index contributed by atoms with van der Waals surface area (Å²) in [6.07, 6.45) is 0. The number of halogens is 1. The van der Waals surface area contributed by atoms with Crippen LogP contribution in [0.25, 0.3) is 0 Å². The van der Waals surface area contributed by atoms with Crippen LogP contribution >= 0.6 is 0 Å². The van der Waals surface area contributed by atoms with Crippen molar-refractivity contribution in [2.45, 2.75) is 4.90 Å². The number of phenols is 1. The van der Waals surface area contributed by atoms with Gasteiger partial charge in [0.25, 0.3) is 0 Å². The second-order valence-corrected chi connectivity index (χ2v) is 4.18. The highest BCUT2D eigenvalue weighted by Gasteiger charge is 2.16. The zero-order valence-electron chi connectivity index (χ0n) is 6.78. The first-order valence-electron chi connectivity index (χ1n) is 3.39. The first-order valence-corrected chi connectivity index (χ1v) is 4.88. The molecule has 0 unspecified atom stereocenters. The molecular formula is C7H8FNO3S. The molecule has 0 aliphatic heterocycles. The Morgan fingerprint density at radius 2 is 2.08 bits per heavy atom. The quantitative estimate of drug-likeness (QED) is 0.736. The highest BCUT2D eigenvalue weighted by atomic mass is 32.2. The lowest BCUT2D eigenvalue weighted by atomic mass is 10.3. The normalized spacial score (nSPS) is 11.5. The van der Waals surface area contributed by atoms with Crippen molar-refractivity contribution in [3.63, 3.8) is 0 Å². The standard InChI is InChI=1S/C7H8FNO3S/c1-9-13(11,12)7-3-2-5(10)4-6(7)8/h2-4,9-10H,1H3. The molecule has 1 aromatic rings. The van der Waals surface area contributed by atoms with Crippen LogP contribution in [0.15, 0.2) is 23.1 Å². The zero-order chi connectivity index (χ0) is 10.1. The Morgan fingerprint density at radius 3 is 2.54 bits per heavy atom. The third kappa shape index (κ3) is 1.96. The molecule has 0 aliphatic rings. The minimum absolute atomic E-state index is 0.312. The third-order valence-electron chi connectivity index (χ3n) is 1.47. The van der Waals surface area contributed by atoms with Gasteiger partial charge in [-0.25, -0.2) is 17.5 Å². The van der Waals surface area contributed by atoms with Crippen molar-refractivity contribution in [3.8, 4) is 5.75 Å². The molecule has 0 radical (unpaired) electrons. The second kappa shape index (κ2) is 3.31. The van der Waals surface area contributed by atoms with Crippen molar-refractivity contribution in [1.82, 2.24) is 4.72 Å². The lowest BCUT2D eigenvalue weighted by molar-refractivity contribution is 0.465. The topological polar surface area (TPSA) is 66.4 Å². The first-order chi connectivity index (χ1) is 5.97. The monoisotopic (exact) mass is 205 g/mol.